The fourth-order valence-corrected chi connectivity index (χ4v) is 2.55. The van der Waals surface area contributed by atoms with Crippen molar-refractivity contribution in [1.82, 2.24) is 4.98 Å². The van der Waals surface area contributed by atoms with E-state index in [1.165, 1.54) is 0 Å². The summed E-state index contributed by atoms with van der Waals surface area (Å²) in [4.78, 5) is 18.5. The van der Waals surface area contributed by atoms with E-state index in [0.717, 1.165) is 0 Å². The summed E-state index contributed by atoms with van der Waals surface area (Å²) in [5, 5.41) is 0.540. The van der Waals surface area contributed by atoms with Gasteiger partial charge in [-0.05, 0) is 46.3 Å². The van der Waals surface area contributed by atoms with Crippen molar-refractivity contribution >= 4 is 39.1 Å². The number of ether oxygens (including phenoxy) is 1. The van der Waals surface area contributed by atoms with Crippen molar-refractivity contribution < 1.29 is 9.53 Å². The lowest BCUT2D eigenvalue weighted by molar-refractivity contribution is 0.0975. The van der Waals surface area contributed by atoms with Crippen molar-refractivity contribution in [2.24, 2.45) is 0 Å². The largest absolute Gasteiger partial charge is 0.474 e. The van der Waals surface area contributed by atoms with Crippen LogP contribution < -0.4 is 9.64 Å². The van der Waals surface area contributed by atoms with Gasteiger partial charge in [0.2, 0.25) is 5.88 Å². The number of carbonyl (C=O) groups is 1. The highest BCUT2D eigenvalue weighted by Crippen LogP contribution is 2.32. The van der Waals surface area contributed by atoms with Crippen molar-refractivity contribution in [3.05, 3.63) is 51.6 Å². The van der Waals surface area contributed by atoms with Gasteiger partial charge in [0.05, 0.1) is 6.54 Å². The van der Waals surface area contributed by atoms with Crippen molar-refractivity contribution in [2.45, 2.75) is 0 Å². The quantitative estimate of drug-likeness (QED) is 0.737. The van der Waals surface area contributed by atoms with Crippen LogP contribution in [0, 0.1) is 0 Å². The van der Waals surface area contributed by atoms with Gasteiger partial charge in [-0.2, -0.15) is 0 Å². The minimum Gasteiger partial charge on any atom is -0.474 e. The van der Waals surface area contributed by atoms with Gasteiger partial charge in [-0.15, -0.1) is 0 Å². The molecule has 0 spiro atoms. The molecule has 1 aliphatic rings. The standard InChI is InChI=1S/C14H10BrClN2O2/c15-12-5-4-11-13(17-12)20-7-6-18(11)14(19)9-2-1-3-10(16)8-9/h1-5,8H,6-7H2. The van der Waals surface area contributed by atoms with Crippen molar-refractivity contribution in [3.63, 3.8) is 0 Å². The van der Waals surface area contributed by atoms with E-state index in [1.54, 1.807) is 35.2 Å². The first-order chi connectivity index (χ1) is 9.65. The molecule has 2 aromatic rings. The van der Waals surface area contributed by atoms with E-state index in [1.807, 2.05) is 6.07 Å². The zero-order chi connectivity index (χ0) is 14.1. The Hall–Kier alpha value is -1.59. The van der Waals surface area contributed by atoms with Crippen LogP contribution in [-0.4, -0.2) is 24.0 Å². The SMILES string of the molecule is O=C(c1cccc(Cl)c1)N1CCOc2nc(Br)ccc21. The molecule has 0 atom stereocenters. The van der Waals surface area contributed by atoms with Gasteiger partial charge in [0.15, 0.2) is 0 Å². The van der Waals surface area contributed by atoms with Crippen LogP contribution in [0.5, 0.6) is 5.88 Å². The molecule has 4 nitrogen and oxygen atoms in total. The first-order valence-electron chi connectivity index (χ1n) is 6.02. The summed E-state index contributed by atoms with van der Waals surface area (Å²) >= 11 is 9.22. The summed E-state index contributed by atoms with van der Waals surface area (Å²) in [6, 6.07) is 10.5. The second kappa shape index (κ2) is 5.42. The summed E-state index contributed by atoms with van der Waals surface area (Å²) in [5.41, 5.74) is 1.22. The molecule has 1 aromatic carbocycles. The number of carbonyl (C=O) groups excluding carboxylic acids is 1. The van der Waals surface area contributed by atoms with Gasteiger partial charge in [-0.25, -0.2) is 4.98 Å². The molecule has 2 heterocycles. The van der Waals surface area contributed by atoms with E-state index in [9.17, 15) is 4.79 Å². The fourth-order valence-electron chi connectivity index (χ4n) is 2.06. The van der Waals surface area contributed by atoms with Crippen molar-refractivity contribution in [1.29, 1.82) is 0 Å². The molecule has 0 aliphatic carbocycles. The van der Waals surface area contributed by atoms with E-state index in [4.69, 9.17) is 16.3 Å². The molecule has 0 fully saturated rings. The van der Waals surface area contributed by atoms with E-state index < -0.39 is 0 Å². The number of nitrogens with zero attached hydrogens (tertiary/aromatic N) is 2. The number of halogens is 2. The lowest BCUT2D eigenvalue weighted by Crippen LogP contribution is -2.38. The number of hydrogen-bond donors (Lipinski definition) is 0. The van der Waals surface area contributed by atoms with E-state index in [-0.39, 0.29) is 5.91 Å². The Morgan fingerprint density at radius 2 is 2.20 bits per heavy atom. The number of hydrogen-bond acceptors (Lipinski definition) is 3. The third kappa shape index (κ3) is 2.51. The van der Waals surface area contributed by atoms with Crippen LogP contribution in [0.2, 0.25) is 5.02 Å². The summed E-state index contributed by atoms with van der Waals surface area (Å²) < 4.78 is 6.16. The summed E-state index contributed by atoms with van der Waals surface area (Å²) in [7, 11) is 0. The molecular formula is C14H10BrClN2O2. The zero-order valence-corrected chi connectivity index (χ0v) is 12.7. The number of rotatable bonds is 1. The number of pyridine rings is 1. The number of benzene rings is 1. The monoisotopic (exact) mass is 352 g/mol. The van der Waals surface area contributed by atoms with Gasteiger partial charge in [0.1, 0.15) is 16.9 Å². The molecule has 0 bridgehead atoms. The van der Waals surface area contributed by atoms with Crippen LogP contribution in [0.1, 0.15) is 10.4 Å². The molecule has 20 heavy (non-hydrogen) atoms. The summed E-state index contributed by atoms with van der Waals surface area (Å²) in [6.45, 7) is 0.907. The minimum atomic E-state index is -0.110. The summed E-state index contributed by atoms with van der Waals surface area (Å²) in [6.07, 6.45) is 0. The number of amides is 1. The van der Waals surface area contributed by atoms with Gasteiger partial charge in [-0.1, -0.05) is 17.7 Å². The predicted molar refractivity (Wildman–Crippen MR) is 80.6 cm³/mol. The zero-order valence-electron chi connectivity index (χ0n) is 10.3. The van der Waals surface area contributed by atoms with E-state index in [0.29, 0.717) is 39.9 Å². The molecule has 0 saturated carbocycles. The smallest absolute Gasteiger partial charge is 0.258 e. The topological polar surface area (TPSA) is 42.4 Å². The molecule has 3 rings (SSSR count). The highest BCUT2D eigenvalue weighted by molar-refractivity contribution is 9.10. The van der Waals surface area contributed by atoms with Crippen LogP contribution >= 0.6 is 27.5 Å². The second-order valence-electron chi connectivity index (χ2n) is 4.27. The molecule has 1 amide bonds. The lowest BCUT2D eigenvalue weighted by atomic mass is 10.2. The van der Waals surface area contributed by atoms with Crippen LogP contribution in [-0.2, 0) is 0 Å². The molecule has 0 radical (unpaired) electrons. The van der Waals surface area contributed by atoms with Crippen LogP contribution in [0.3, 0.4) is 0 Å². The first kappa shape index (κ1) is 13.4. The number of fused-ring (bicyclic) bond motifs is 1. The molecule has 1 aromatic heterocycles. The molecule has 102 valence electrons. The lowest BCUT2D eigenvalue weighted by Gasteiger charge is -2.28. The number of aromatic nitrogens is 1. The fraction of sp³-hybridized carbons (Fsp3) is 0.143. The Morgan fingerprint density at radius 1 is 1.35 bits per heavy atom. The minimum absolute atomic E-state index is 0.110. The Labute approximate surface area is 129 Å². The van der Waals surface area contributed by atoms with Gasteiger partial charge < -0.3 is 9.64 Å². The van der Waals surface area contributed by atoms with Gasteiger partial charge in [0, 0.05) is 10.6 Å². The van der Waals surface area contributed by atoms with E-state index >= 15 is 0 Å². The average molecular weight is 354 g/mol. The second-order valence-corrected chi connectivity index (χ2v) is 5.52. The molecular weight excluding hydrogens is 344 g/mol. The molecule has 0 saturated heterocycles. The van der Waals surface area contributed by atoms with Crippen molar-refractivity contribution in [2.75, 3.05) is 18.1 Å². The Morgan fingerprint density at radius 3 is 3.00 bits per heavy atom. The van der Waals surface area contributed by atoms with E-state index in [2.05, 4.69) is 20.9 Å². The Kier molecular flexibility index (Phi) is 3.63. The first-order valence-corrected chi connectivity index (χ1v) is 7.19. The Balaban J connectivity index is 1.98. The molecule has 6 heteroatoms. The summed E-state index contributed by atoms with van der Waals surface area (Å²) in [5.74, 6) is 0.349. The van der Waals surface area contributed by atoms with Crippen molar-refractivity contribution in [3.8, 4) is 5.88 Å². The normalized spacial score (nSPS) is 13.6. The maximum absolute atomic E-state index is 12.6. The van der Waals surface area contributed by atoms with Crippen LogP contribution in [0.4, 0.5) is 5.69 Å². The highest BCUT2D eigenvalue weighted by atomic mass is 79.9. The maximum Gasteiger partial charge on any atom is 0.258 e. The maximum atomic E-state index is 12.6. The van der Waals surface area contributed by atoms with Gasteiger partial charge in [0.25, 0.3) is 5.91 Å². The van der Waals surface area contributed by atoms with Crippen LogP contribution in [0.15, 0.2) is 41.0 Å². The van der Waals surface area contributed by atoms with Crippen LogP contribution in [0.25, 0.3) is 0 Å². The van der Waals surface area contributed by atoms with Gasteiger partial charge >= 0.3 is 0 Å². The third-order valence-corrected chi connectivity index (χ3v) is 3.64. The predicted octanol–water partition coefficient (Wildman–Crippen LogP) is 3.54. The average Bonchev–Trinajstić information content (AvgIpc) is 2.45. The third-order valence-electron chi connectivity index (χ3n) is 2.97. The highest BCUT2D eigenvalue weighted by Gasteiger charge is 2.25. The van der Waals surface area contributed by atoms with Gasteiger partial charge in [-0.3, -0.25) is 4.79 Å². The molecule has 1 aliphatic heterocycles. The number of anilines is 1. The Bertz CT molecular complexity index is 678. The molecule has 0 N–H and O–H groups in total. The molecule has 0 unspecified atom stereocenters.